The maximum atomic E-state index is 13.5. The highest BCUT2D eigenvalue weighted by atomic mass is 79.9. The second-order valence-electron chi connectivity index (χ2n) is 9.21. The summed E-state index contributed by atoms with van der Waals surface area (Å²) in [4.78, 5) is 33.7. The van der Waals surface area contributed by atoms with Gasteiger partial charge in [-0.3, -0.25) is 9.59 Å². The first-order valence-electron chi connectivity index (χ1n) is 12.3. The minimum Gasteiger partial charge on any atom is -0.301 e. The van der Waals surface area contributed by atoms with Gasteiger partial charge in [-0.05, 0) is 42.3 Å². The second-order valence-corrected chi connectivity index (χ2v) is 11.1. The van der Waals surface area contributed by atoms with Crippen molar-refractivity contribution in [1.82, 2.24) is 24.8 Å². The van der Waals surface area contributed by atoms with Crippen molar-refractivity contribution in [1.29, 1.82) is 0 Å². The van der Waals surface area contributed by atoms with Crippen LogP contribution in [0.3, 0.4) is 0 Å². The van der Waals surface area contributed by atoms with Crippen molar-refractivity contribution in [2.75, 3.05) is 5.75 Å². The lowest BCUT2D eigenvalue weighted by molar-refractivity contribution is -0.130. The Kier molecular flexibility index (Phi) is 6.88. The Bertz CT molecular complexity index is 1750. The maximum Gasteiger partial charge on any atom is 0.262 e. The lowest BCUT2D eigenvalue weighted by atomic mass is 9.98. The molecule has 0 fully saturated rings. The number of hydrazone groups is 1. The average Bonchev–Trinajstić information content (AvgIpc) is 3.59. The van der Waals surface area contributed by atoms with Crippen LogP contribution < -0.4 is 5.56 Å². The molecule has 1 aliphatic rings. The third kappa shape index (κ3) is 5.17. The van der Waals surface area contributed by atoms with Crippen LogP contribution in [0.15, 0.2) is 105 Å². The highest BCUT2D eigenvalue weighted by Gasteiger charge is 2.33. The van der Waals surface area contributed by atoms with Crippen molar-refractivity contribution in [3.05, 3.63) is 117 Å². The molecule has 5 aromatic rings. The third-order valence-corrected chi connectivity index (χ3v) is 7.94. The molecule has 6 rings (SSSR count). The van der Waals surface area contributed by atoms with E-state index >= 15 is 0 Å². The van der Waals surface area contributed by atoms with E-state index in [1.807, 2.05) is 85.8 Å². The zero-order valence-corrected chi connectivity index (χ0v) is 23.3. The van der Waals surface area contributed by atoms with Gasteiger partial charge < -0.3 is 4.98 Å². The van der Waals surface area contributed by atoms with Gasteiger partial charge in [0.15, 0.2) is 10.8 Å². The molecular formula is C29H23BrN6O2S. The van der Waals surface area contributed by atoms with Crippen LogP contribution in [0.25, 0.3) is 16.7 Å². The standard InChI is InChI=1S/C29H23BrN6O2S/c1-18-7-9-20(10-8-18)25-15-24(19-11-13-21(30)14-12-19)34-36(25)26(37)17-39-29-32-27-23(28(38)33-29)16-31-35(27)22-5-3-2-4-6-22/h2-14,16,25H,15,17H2,1H3,(H,32,33,38). The van der Waals surface area contributed by atoms with Crippen LogP contribution in [-0.4, -0.2) is 42.1 Å². The van der Waals surface area contributed by atoms with Gasteiger partial charge >= 0.3 is 0 Å². The molecule has 8 nitrogen and oxygen atoms in total. The summed E-state index contributed by atoms with van der Waals surface area (Å²) in [7, 11) is 0. The van der Waals surface area contributed by atoms with E-state index in [2.05, 4.69) is 31.0 Å². The number of fused-ring (bicyclic) bond motifs is 1. The second kappa shape index (κ2) is 10.6. The number of thioether (sulfide) groups is 1. The number of nitrogens with one attached hydrogen (secondary N) is 1. The molecule has 1 unspecified atom stereocenters. The Balaban J connectivity index is 1.27. The number of rotatable bonds is 6. The van der Waals surface area contributed by atoms with Gasteiger partial charge in [-0.2, -0.15) is 10.2 Å². The van der Waals surface area contributed by atoms with Gasteiger partial charge in [0.25, 0.3) is 11.5 Å². The number of benzene rings is 3. The molecule has 0 saturated carbocycles. The predicted molar refractivity (Wildman–Crippen MR) is 156 cm³/mol. The highest BCUT2D eigenvalue weighted by molar-refractivity contribution is 9.10. The molecule has 1 amide bonds. The van der Waals surface area contributed by atoms with E-state index in [1.54, 1.807) is 9.69 Å². The van der Waals surface area contributed by atoms with E-state index in [9.17, 15) is 9.59 Å². The number of aromatic nitrogens is 4. The van der Waals surface area contributed by atoms with Crippen molar-refractivity contribution in [2.24, 2.45) is 5.10 Å². The molecule has 1 aliphatic heterocycles. The summed E-state index contributed by atoms with van der Waals surface area (Å²) in [5.74, 6) is -0.107. The van der Waals surface area contributed by atoms with E-state index in [4.69, 9.17) is 5.10 Å². The van der Waals surface area contributed by atoms with Crippen molar-refractivity contribution in [3.63, 3.8) is 0 Å². The van der Waals surface area contributed by atoms with Gasteiger partial charge in [0.1, 0.15) is 5.39 Å². The Morgan fingerprint density at radius 1 is 1.05 bits per heavy atom. The SMILES string of the molecule is Cc1ccc(C2CC(c3ccc(Br)cc3)=NN2C(=O)CSc2nc3c(cnn3-c3ccccc3)c(=O)[nH]2)cc1. The average molecular weight is 600 g/mol. The maximum absolute atomic E-state index is 13.5. The summed E-state index contributed by atoms with van der Waals surface area (Å²) >= 11 is 4.65. The fourth-order valence-corrected chi connectivity index (χ4v) is 5.50. The fourth-order valence-electron chi connectivity index (χ4n) is 4.53. The van der Waals surface area contributed by atoms with Crippen molar-refractivity contribution in [2.45, 2.75) is 24.5 Å². The van der Waals surface area contributed by atoms with Gasteiger partial charge in [0.2, 0.25) is 0 Å². The first-order chi connectivity index (χ1) is 19.0. The number of para-hydroxylation sites is 1. The van der Waals surface area contributed by atoms with Crippen LogP contribution in [0.2, 0.25) is 0 Å². The van der Waals surface area contributed by atoms with Gasteiger partial charge in [0, 0.05) is 10.9 Å². The van der Waals surface area contributed by atoms with Crippen LogP contribution in [0.1, 0.15) is 29.2 Å². The van der Waals surface area contributed by atoms with Gasteiger partial charge in [-0.1, -0.05) is 87.9 Å². The molecule has 0 saturated heterocycles. The van der Waals surface area contributed by atoms with Gasteiger partial charge in [0.05, 0.1) is 29.4 Å². The number of carbonyl (C=O) groups is 1. The van der Waals surface area contributed by atoms with E-state index < -0.39 is 0 Å². The van der Waals surface area contributed by atoms with Crippen molar-refractivity contribution < 1.29 is 4.79 Å². The van der Waals surface area contributed by atoms with Gasteiger partial charge in [-0.15, -0.1) is 0 Å². The molecule has 1 atom stereocenters. The highest BCUT2D eigenvalue weighted by Crippen LogP contribution is 2.34. The van der Waals surface area contributed by atoms with E-state index in [-0.39, 0.29) is 23.3 Å². The lowest BCUT2D eigenvalue weighted by Gasteiger charge is -2.22. The quantitative estimate of drug-likeness (QED) is 0.201. The Labute approximate surface area is 236 Å². The number of amides is 1. The largest absolute Gasteiger partial charge is 0.301 e. The third-order valence-electron chi connectivity index (χ3n) is 6.55. The van der Waals surface area contributed by atoms with Gasteiger partial charge in [-0.25, -0.2) is 14.7 Å². The first kappa shape index (κ1) is 25.3. The summed E-state index contributed by atoms with van der Waals surface area (Å²) in [5.41, 5.74) is 4.94. The number of hydrogen-bond acceptors (Lipinski definition) is 6. The molecule has 39 heavy (non-hydrogen) atoms. The molecule has 10 heteroatoms. The number of hydrogen-bond donors (Lipinski definition) is 1. The summed E-state index contributed by atoms with van der Waals surface area (Å²) in [6, 6.07) is 25.4. The molecule has 3 heterocycles. The molecule has 0 spiro atoms. The van der Waals surface area contributed by atoms with Crippen molar-refractivity contribution >= 4 is 50.3 Å². The van der Waals surface area contributed by atoms with Crippen LogP contribution in [0.5, 0.6) is 0 Å². The topological polar surface area (TPSA) is 96.2 Å². The summed E-state index contributed by atoms with van der Waals surface area (Å²) in [5, 5.41) is 11.4. The number of halogens is 1. The number of H-pyrrole nitrogens is 1. The van der Waals surface area contributed by atoms with E-state index in [1.165, 1.54) is 18.0 Å². The monoisotopic (exact) mass is 598 g/mol. The molecule has 0 radical (unpaired) electrons. The normalized spacial score (nSPS) is 15.1. The van der Waals surface area contributed by atoms with Crippen molar-refractivity contribution in [3.8, 4) is 5.69 Å². The summed E-state index contributed by atoms with van der Waals surface area (Å²) < 4.78 is 2.61. The number of carbonyl (C=O) groups excluding carboxylic acids is 1. The van der Waals surface area contributed by atoms with Crippen LogP contribution in [0, 0.1) is 6.92 Å². The Hall–Kier alpha value is -4.02. The zero-order valence-electron chi connectivity index (χ0n) is 20.9. The minimum atomic E-state index is -0.300. The fraction of sp³-hybridized carbons (Fsp3) is 0.138. The number of nitrogens with zero attached hydrogens (tertiary/aromatic N) is 5. The zero-order chi connectivity index (χ0) is 26.9. The molecule has 0 aliphatic carbocycles. The summed E-state index contributed by atoms with van der Waals surface area (Å²) in [6.07, 6.45) is 2.11. The number of aromatic amines is 1. The molecule has 2 aromatic heterocycles. The van der Waals surface area contributed by atoms with Crippen LogP contribution >= 0.6 is 27.7 Å². The smallest absolute Gasteiger partial charge is 0.262 e. The molecule has 194 valence electrons. The predicted octanol–water partition coefficient (Wildman–Crippen LogP) is 5.65. The van der Waals surface area contributed by atoms with Crippen LogP contribution in [0.4, 0.5) is 0 Å². The summed E-state index contributed by atoms with van der Waals surface area (Å²) in [6.45, 7) is 2.04. The Morgan fingerprint density at radius 2 is 1.79 bits per heavy atom. The molecule has 0 bridgehead atoms. The lowest BCUT2D eigenvalue weighted by Crippen LogP contribution is -2.28. The minimum absolute atomic E-state index is 0.0629. The molecule has 3 aromatic carbocycles. The molecular weight excluding hydrogens is 576 g/mol. The Morgan fingerprint density at radius 3 is 2.54 bits per heavy atom. The van der Waals surface area contributed by atoms with E-state index in [0.29, 0.717) is 22.6 Å². The molecule has 1 N–H and O–H groups in total. The van der Waals surface area contributed by atoms with E-state index in [0.717, 1.165) is 32.6 Å². The van der Waals surface area contributed by atoms with Crippen LogP contribution in [-0.2, 0) is 4.79 Å². The number of aryl methyl sites for hydroxylation is 1. The first-order valence-corrected chi connectivity index (χ1v) is 14.1.